The van der Waals surface area contributed by atoms with E-state index in [9.17, 15) is 22.8 Å². The number of aromatic nitrogens is 2. The number of fused-ring (bicyclic) bond motifs is 1. The van der Waals surface area contributed by atoms with Crippen molar-refractivity contribution in [1.29, 1.82) is 0 Å². The van der Waals surface area contributed by atoms with E-state index >= 15 is 0 Å². The van der Waals surface area contributed by atoms with Crippen molar-refractivity contribution in [2.45, 2.75) is 26.4 Å². The molecule has 3 aromatic rings. The van der Waals surface area contributed by atoms with Gasteiger partial charge in [-0.3, -0.25) is 4.79 Å². The maximum atomic E-state index is 12.8. The van der Waals surface area contributed by atoms with E-state index in [1.165, 1.54) is 29.0 Å². The van der Waals surface area contributed by atoms with Crippen molar-refractivity contribution in [3.63, 3.8) is 0 Å². The standard InChI is InChI=1S/C20H20F3N3O4S/c1-4-12-13(25-18(27)14-7-6-8-31-14)9-11-16(30-10-20(21,22)23)15(19(28)29-5-2)26(3)17(11)24-12/h6-9H,4-5,10H2,1-3H3,(H,25,27). The molecule has 3 aromatic heterocycles. The smallest absolute Gasteiger partial charge is 0.422 e. The van der Waals surface area contributed by atoms with Gasteiger partial charge in [0.05, 0.1) is 28.3 Å². The minimum absolute atomic E-state index is 0.0365. The maximum Gasteiger partial charge on any atom is 0.422 e. The number of thiophene rings is 1. The summed E-state index contributed by atoms with van der Waals surface area (Å²) >= 11 is 1.25. The van der Waals surface area contributed by atoms with Crippen LogP contribution in [0.4, 0.5) is 18.9 Å². The number of nitrogens with zero attached hydrogens (tertiary/aromatic N) is 2. The van der Waals surface area contributed by atoms with Gasteiger partial charge in [-0.05, 0) is 30.9 Å². The molecular formula is C20H20F3N3O4S. The highest BCUT2D eigenvalue weighted by Crippen LogP contribution is 2.36. The predicted octanol–water partition coefficient (Wildman–Crippen LogP) is 4.57. The average molecular weight is 455 g/mol. The van der Waals surface area contributed by atoms with Crippen molar-refractivity contribution >= 4 is 39.9 Å². The highest BCUT2D eigenvalue weighted by molar-refractivity contribution is 7.12. The van der Waals surface area contributed by atoms with Gasteiger partial charge in [-0.1, -0.05) is 13.0 Å². The number of ether oxygens (including phenoxy) is 2. The van der Waals surface area contributed by atoms with Crippen LogP contribution in [0.3, 0.4) is 0 Å². The lowest BCUT2D eigenvalue weighted by Gasteiger charge is -2.11. The van der Waals surface area contributed by atoms with Crippen molar-refractivity contribution in [2.75, 3.05) is 18.5 Å². The summed E-state index contributed by atoms with van der Waals surface area (Å²) in [6.07, 6.45) is -4.17. The average Bonchev–Trinajstić information content (AvgIpc) is 3.32. The van der Waals surface area contributed by atoms with Gasteiger partial charge in [-0.25, -0.2) is 9.78 Å². The topological polar surface area (TPSA) is 82.4 Å². The van der Waals surface area contributed by atoms with Crippen LogP contribution < -0.4 is 10.1 Å². The SMILES string of the molecule is CCOC(=O)c1c(OCC(F)(F)F)c2cc(NC(=O)c3cccs3)c(CC)nc2n1C. The minimum Gasteiger partial charge on any atom is -0.481 e. The molecule has 0 bridgehead atoms. The first kappa shape index (κ1) is 22.6. The highest BCUT2D eigenvalue weighted by Gasteiger charge is 2.32. The number of amides is 1. The molecule has 1 amide bonds. The van der Waals surface area contributed by atoms with Gasteiger partial charge < -0.3 is 19.4 Å². The number of hydrogen-bond acceptors (Lipinski definition) is 6. The molecule has 7 nitrogen and oxygen atoms in total. The lowest BCUT2D eigenvalue weighted by molar-refractivity contribution is -0.153. The van der Waals surface area contributed by atoms with E-state index in [1.807, 2.05) is 6.92 Å². The second-order valence-corrected chi connectivity index (χ2v) is 7.45. The third kappa shape index (κ3) is 4.82. The van der Waals surface area contributed by atoms with E-state index < -0.39 is 18.8 Å². The Bertz CT molecular complexity index is 1110. The molecule has 0 aliphatic rings. The number of nitrogens with one attached hydrogen (secondary N) is 1. The van der Waals surface area contributed by atoms with Crippen LogP contribution >= 0.6 is 11.3 Å². The van der Waals surface area contributed by atoms with Crippen molar-refractivity contribution in [3.8, 4) is 5.75 Å². The molecule has 31 heavy (non-hydrogen) atoms. The molecule has 0 aliphatic heterocycles. The van der Waals surface area contributed by atoms with Crippen LogP contribution in [-0.4, -0.2) is 40.8 Å². The van der Waals surface area contributed by atoms with Crippen LogP contribution in [0.1, 0.15) is 39.7 Å². The number of rotatable bonds is 7. The predicted molar refractivity (Wildman–Crippen MR) is 110 cm³/mol. The van der Waals surface area contributed by atoms with E-state index in [-0.39, 0.29) is 35.0 Å². The summed E-state index contributed by atoms with van der Waals surface area (Å²) in [6, 6.07) is 4.85. The van der Waals surface area contributed by atoms with Gasteiger partial charge in [0.15, 0.2) is 18.1 Å². The van der Waals surface area contributed by atoms with Crippen LogP contribution in [0, 0.1) is 0 Å². The molecule has 0 unspecified atom stereocenters. The number of alkyl halides is 3. The second-order valence-electron chi connectivity index (χ2n) is 6.50. The Hall–Kier alpha value is -3.08. The molecule has 0 spiro atoms. The molecule has 0 aliphatic carbocycles. The molecule has 166 valence electrons. The van der Waals surface area contributed by atoms with Crippen molar-refractivity contribution < 1.29 is 32.2 Å². The normalized spacial score (nSPS) is 11.5. The third-order valence-corrected chi connectivity index (χ3v) is 5.24. The number of carbonyl (C=O) groups excluding carboxylic acids is 2. The molecule has 0 radical (unpaired) electrons. The molecule has 0 saturated heterocycles. The van der Waals surface area contributed by atoms with Gasteiger partial charge in [0.1, 0.15) is 5.65 Å². The molecule has 3 rings (SSSR count). The van der Waals surface area contributed by atoms with Gasteiger partial charge in [0, 0.05) is 7.05 Å². The number of aryl methyl sites for hydroxylation is 2. The number of pyridine rings is 1. The Morgan fingerprint density at radius 1 is 1.29 bits per heavy atom. The number of anilines is 1. The zero-order valence-electron chi connectivity index (χ0n) is 17.0. The van der Waals surface area contributed by atoms with Gasteiger partial charge in [0.2, 0.25) is 0 Å². The van der Waals surface area contributed by atoms with Crippen LogP contribution in [-0.2, 0) is 18.2 Å². The second kappa shape index (κ2) is 8.96. The monoisotopic (exact) mass is 455 g/mol. The molecule has 0 atom stereocenters. The number of carbonyl (C=O) groups is 2. The molecule has 0 saturated carbocycles. The van der Waals surface area contributed by atoms with Crippen molar-refractivity contribution in [2.24, 2.45) is 7.05 Å². The summed E-state index contributed by atoms with van der Waals surface area (Å²) in [5, 5.41) is 4.66. The van der Waals surface area contributed by atoms with Crippen molar-refractivity contribution in [1.82, 2.24) is 9.55 Å². The maximum absolute atomic E-state index is 12.8. The fourth-order valence-electron chi connectivity index (χ4n) is 3.05. The van der Waals surface area contributed by atoms with Gasteiger partial charge >= 0.3 is 12.1 Å². The molecule has 3 heterocycles. The van der Waals surface area contributed by atoms with E-state index in [1.54, 1.807) is 24.4 Å². The Morgan fingerprint density at radius 2 is 2.03 bits per heavy atom. The van der Waals surface area contributed by atoms with E-state index in [2.05, 4.69) is 10.3 Å². The summed E-state index contributed by atoms with van der Waals surface area (Å²) in [7, 11) is 1.49. The Labute approximate surface area is 179 Å². The first-order valence-electron chi connectivity index (χ1n) is 9.40. The molecule has 0 fully saturated rings. The summed E-state index contributed by atoms with van der Waals surface area (Å²) in [6.45, 7) is 1.85. The summed E-state index contributed by atoms with van der Waals surface area (Å²) in [5.41, 5.74) is 0.894. The Morgan fingerprint density at radius 3 is 2.61 bits per heavy atom. The zero-order chi connectivity index (χ0) is 22.8. The number of esters is 1. The fourth-order valence-corrected chi connectivity index (χ4v) is 3.67. The van der Waals surface area contributed by atoms with Gasteiger partial charge in [0.25, 0.3) is 5.91 Å². The summed E-state index contributed by atoms with van der Waals surface area (Å²) in [4.78, 5) is 29.9. The van der Waals surface area contributed by atoms with Crippen LogP contribution in [0.15, 0.2) is 23.6 Å². The fraction of sp³-hybridized carbons (Fsp3) is 0.350. The quantitative estimate of drug-likeness (QED) is 0.528. The molecule has 11 heteroatoms. The van der Waals surface area contributed by atoms with Crippen LogP contribution in [0.5, 0.6) is 5.75 Å². The largest absolute Gasteiger partial charge is 0.481 e. The summed E-state index contributed by atoms with van der Waals surface area (Å²) in [5.74, 6) is -1.50. The lowest BCUT2D eigenvalue weighted by atomic mass is 10.2. The zero-order valence-corrected chi connectivity index (χ0v) is 17.8. The van der Waals surface area contributed by atoms with E-state index in [0.29, 0.717) is 22.7 Å². The highest BCUT2D eigenvalue weighted by atomic mass is 32.1. The first-order valence-corrected chi connectivity index (χ1v) is 10.3. The molecule has 1 N–H and O–H groups in total. The molecule has 0 aromatic carbocycles. The van der Waals surface area contributed by atoms with E-state index in [0.717, 1.165) is 0 Å². The third-order valence-electron chi connectivity index (χ3n) is 4.37. The number of hydrogen-bond donors (Lipinski definition) is 1. The lowest BCUT2D eigenvalue weighted by Crippen LogP contribution is -2.20. The van der Waals surface area contributed by atoms with Crippen LogP contribution in [0.25, 0.3) is 11.0 Å². The van der Waals surface area contributed by atoms with Crippen molar-refractivity contribution in [3.05, 3.63) is 39.8 Å². The van der Waals surface area contributed by atoms with E-state index in [4.69, 9.17) is 9.47 Å². The Balaban J connectivity index is 2.14. The minimum atomic E-state index is -4.61. The van der Waals surface area contributed by atoms with Crippen LogP contribution in [0.2, 0.25) is 0 Å². The first-order chi connectivity index (χ1) is 14.7. The Kier molecular flexibility index (Phi) is 6.54. The number of halogens is 3. The van der Waals surface area contributed by atoms with Gasteiger partial charge in [-0.15, -0.1) is 11.3 Å². The summed E-state index contributed by atoms with van der Waals surface area (Å²) < 4.78 is 49.9. The molecular weight excluding hydrogens is 435 g/mol. The van der Waals surface area contributed by atoms with Gasteiger partial charge in [-0.2, -0.15) is 13.2 Å².